The summed E-state index contributed by atoms with van der Waals surface area (Å²) >= 11 is 3.10. The fourth-order valence-corrected chi connectivity index (χ4v) is 1.07. The van der Waals surface area contributed by atoms with Crippen LogP contribution in [0.4, 0.5) is 13.2 Å². The Balaban J connectivity index is 2.51. The number of pyridine rings is 1. The summed E-state index contributed by atoms with van der Waals surface area (Å²) in [7, 11) is 0. The van der Waals surface area contributed by atoms with E-state index in [1.54, 1.807) is 12.1 Å². The van der Waals surface area contributed by atoms with Crippen molar-refractivity contribution in [2.75, 3.05) is 0 Å². The van der Waals surface area contributed by atoms with Crippen LogP contribution in [0.3, 0.4) is 0 Å². The smallest absolute Gasteiger partial charge is 0.249 e. The highest BCUT2D eigenvalue weighted by atomic mass is 79.9. The van der Waals surface area contributed by atoms with E-state index >= 15 is 0 Å². The molecule has 0 aliphatic carbocycles. The predicted molar refractivity (Wildman–Crippen MR) is 46.3 cm³/mol. The van der Waals surface area contributed by atoms with Gasteiger partial charge in [0.05, 0.1) is 0 Å². The lowest BCUT2D eigenvalue weighted by Gasteiger charge is -2.05. The molecule has 0 bridgehead atoms. The zero-order valence-corrected chi connectivity index (χ0v) is 8.19. The number of rotatable bonds is 2. The van der Waals surface area contributed by atoms with Gasteiger partial charge in [0.2, 0.25) is 0 Å². The molecule has 0 aromatic carbocycles. The Morgan fingerprint density at radius 1 is 1.31 bits per heavy atom. The summed E-state index contributed by atoms with van der Waals surface area (Å²) in [4.78, 5) is 3.83. The standard InChI is InChI=1S/C8H7BrF3N/c9-7-2-1-6(5-13-7)3-4-8(10,11)12/h1-2,5H,3-4H2. The molecule has 0 unspecified atom stereocenters. The third-order valence-electron chi connectivity index (χ3n) is 1.49. The Morgan fingerprint density at radius 3 is 2.46 bits per heavy atom. The van der Waals surface area contributed by atoms with Crippen LogP contribution < -0.4 is 0 Å². The molecule has 1 aromatic rings. The Kier molecular flexibility index (Phi) is 3.30. The van der Waals surface area contributed by atoms with E-state index in [9.17, 15) is 13.2 Å². The molecule has 0 amide bonds. The lowest BCUT2D eigenvalue weighted by Crippen LogP contribution is -2.08. The maximum Gasteiger partial charge on any atom is 0.389 e. The Bertz CT molecular complexity index is 268. The number of aryl methyl sites for hydroxylation is 1. The SMILES string of the molecule is FC(F)(F)CCc1ccc(Br)nc1. The van der Waals surface area contributed by atoms with E-state index in [0.717, 1.165) is 0 Å². The van der Waals surface area contributed by atoms with Gasteiger partial charge >= 0.3 is 6.18 Å². The third kappa shape index (κ3) is 4.26. The third-order valence-corrected chi connectivity index (χ3v) is 1.95. The van der Waals surface area contributed by atoms with Gasteiger partial charge in [-0.1, -0.05) is 6.07 Å². The highest BCUT2D eigenvalue weighted by Gasteiger charge is 2.26. The molecule has 1 nitrogen and oxygen atoms in total. The number of halogens is 4. The van der Waals surface area contributed by atoms with Crippen molar-refractivity contribution in [3.05, 3.63) is 28.5 Å². The highest BCUT2D eigenvalue weighted by molar-refractivity contribution is 9.10. The minimum atomic E-state index is -4.09. The number of aromatic nitrogens is 1. The molecule has 72 valence electrons. The summed E-state index contributed by atoms with van der Waals surface area (Å²) in [6.07, 6.45) is -3.46. The van der Waals surface area contributed by atoms with Crippen LogP contribution in [0.5, 0.6) is 0 Å². The van der Waals surface area contributed by atoms with E-state index in [0.29, 0.717) is 10.2 Å². The molecule has 0 aliphatic heterocycles. The molecule has 0 aliphatic rings. The van der Waals surface area contributed by atoms with Gasteiger partial charge in [-0.2, -0.15) is 13.2 Å². The molecule has 1 aromatic heterocycles. The maximum absolute atomic E-state index is 11.8. The molecule has 13 heavy (non-hydrogen) atoms. The van der Waals surface area contributed by atoms with Crippen molar-refractivity contribution in [1.29, 1.82) is 0 Å². The molecular formula is C8H7BrF3N. The molecule has 1 rings (SSSR count). The van der Waals surface area contributed by atoms with Gasteiger partial charge in [-0.3, -0.25) is 0 Å². The van der Waals surface area contributed by atoms with Crippen molar-refractivity contribution in [2.45, 2.75) is 19.0 Å². The van der Waals surface area contributed by atoms with Gasteiger partial charge in [0, 0.05) is 12.6 Å². The van der Waals surface area contributed by atoms with E-state index in [4.69, 9.17) is 0 Å². The number of nitrogens with zero attached hydrogens (tertiary/aromatic N) is 1. The maximum atomic E-state index is 11.8. The largest absolute Gasteiger partial charge is 0.389 e. The van der Waals surface area contributed by atoms with Gasteiger partial charge in [0.15, 0.2) is 0 Å². The second kappa shape index (κ2) is 4.09. The van der Waals surface area contributed by atoms with Crippen LogP contribution in [0.2, 0.25) is 0 Å². The summed E-state index contributed by atoms with van der Waals surface area (Å²) < 4.78 is 36.0. The molecule has 0 radical (unpaired) electrons. The number of alkyl halides is 3. The molecule has 0 saturated carbocycles. The Morgan fingerprint density at radius 2 is 2.00 bits per heavy atom. The van der Waals surface area contributed by atoms with Crippen molar-refractivity contribution in [3.8, 4) is 0 Å². The molecule has 0 fully saturated rings. The van der Waals surface area contributed by atoms with Gasteiger partial charge in [-0.05, 0) is 34.0 Å². The second-order valence-corrected chi connectivity index (χ2v) is 3.42. The number of hydrogen-bond donors (Lipinski definition) is 0. The lowest BCUT2D eigenvalue weighted by atomic mass is 10.1. The van der Waals surface area contributed by atoms with Gasteiger partial charge in [0.25, 0.3) is 0 Å². The molecular weight excluding hydrogens is 247 g/mol. The van der Waals surface area contributed by atoms with Crippen molar-refractivity contribution < 1.29 is 13.2 Å². The lowest BCUT2D eigenvalue weighted by molar-refractivity contribution is -0.134. The summed E-state index contributed by atoms with van der Waals surface area (Å²) in [5.74, 6) is 0. The molecule has 0 N–H and O–H groups in total. The molecule has 0 atom stereocenters. The van der Waals surface area contributed by atoms with Crippen molar-refractivity contribution in [2.24, 2.45) is 0 Å². The van der Waals surface area contributed by atoms with Crippen molar-refractivity contribution in [1.82, 2.24) is 4.98 Å². The molecule has 5 heteroatoms. The summed E-state index contributed by atoms with van der Waals surface area (Å²) in [6.45, 7) is 0. The monoisotopic (exact) mass is 253 g/mol. The quantitative estimate of drug-likeness (QED) is 0.737. The van der Waals surface area contributed by atoms with Crippen molar-refractivity contribution >= 4 is 15.9 Å². The predicted octanol–water partition coefficient (Wildman–Crippen LogP) is 3.34. The van der Waals surface area contributed by atoms with E-state index in [-0.39, 0.29) is 6.42 Å². The highest BCUT2D eigenvalue weighted by Crippen LogP contribution is 2.22. The normalized spacial score (nSPS) is 11.7. The molecule has 0 saturated heterocycles. The van der Waals surface area contributed by atoms with Crippen LogP contribution in [0.15, 0.2) is 22.9 Å². The van der Waals surface area contributed by atoms with Crippen LogP contribution in [-0.4, -0.2) is 11.2 Å². The van der Waals surface area contributed by atoms with Crippen LogP contribution in [0.25, 0.3) is 0 Å². The summed E-state index contributed by atoms with van der Waals surface area (Å²) in [6, 6.07) is 3.26. The van der Waals surface area contributed by atoms with Gasteiger partial charge < -0.3 is 0 Å². The molecule has 1 heterocycles. The zero-order chi connectivity index (χ0) is 9.90. The van der Waals surface area contributed by atoms with E-state index in [2.05, 4.69) is 20.9 Å². The number of hydrogen-bond acceptors (Lipinski definition) is 1. The van der Waals surface area contributed by atoms with E-state index in [1.165, 1.54) is 6.20 Å². The van der Waals surface area contributed by atoms with Crippen LogP contribution in [0, 0.1) is 0 Å². The first-order valence-electron chi connectivity index (χ1n) is 3.64. The molecule has 0 spiro atoms. The van der Waals surface area contributed by atoms with Gasteiger partial charge in [-0.15, -0.1) is 0 Å². The first kappa shape index (κ1) is 10.5. The fourth-order valence-electron chi connectivity index (χ4n) is 0.840. The average Bonchev–Trinajstić information content (AvgIpc) is 2.02. The minimum absolute atomic E-state index is 0.0101. The zero-order valence-electron chi connectivity index (χ0n) is 6.61. The van der Waals surface area contributed by atoms with E-state index in [1.807, 2.05) is 0 Å². The van der Waals surface area contributed by atoms with Crippen LogP contribution in [0.1, 0.15) is 12.0 Å². The van der Waals surface area contributed by atoms with E-state index < -0.39 is 12.6 Å². The minimum Gasteiger partial charge on any atom is -0.249 e. The average molecular weight is 254 g/mol. The summed E-state index contributed by atoms with van der Waals surface area (Å²) in [5.41, 5.74) is 0.598. The topological polar surface area (TPSA) is 12.9 Å². The Hall–Kier alpha value is -0.580. The fraction of sp³-hybridized carbons (Fsp3) is 0.375. The first-order chi connectivity index (χ1) is 5.97. The van der Waals surface area contributed by atoms with Crippen LogP contribution in [-0.2, 0) is 6.42 Å². The van der Waals surface area contributed by atoms with Gasteiger partial charge in [-0.25, -0.2) is 4.98 Å². The van der Waals surface area contributed by atoms with Crippen LogP contribution >= 0.6 is 15.9 Å². The Labute approximate surface area is 82.1 Å². The van der Waals surface area contributed by atoms with Gasteiger partial charge in [0.1, 0.15) is 4.60 Å². The van der Waals surface area contributed by atoms with Crippen molar-refractivity contribution in [3.63, 3.8) is 0 Å². The second-order valence-electron chi connectivity index (χ2n) is 2.60. The first-order valence-corrected chi connectivity index (χ1v) is 4.44. The summed E-state index contributed by atoms with van der Waals surface area (Å²) in [5, 5.41) is 0.